The smallest absolute Gasteiger partial charge is 0.268 e. The van der Waals surface area contributed by atoms with Crippen molar-refractivity contribution in [1.29, 1.82) is 0 Å². The van der Waals surface area contributed by atoms with Gasteiger partial charge in [0.2, 0.25) is 0 Å². The van der Waals surface area contributed by atoms with Gasteiger partial charge in [-0.3, -0.25) is 9.59 Å². The van der Waals surface area contributed by atoms with E-state index in [1.807, 2.05) is 74.5 Å². The summed E-state index contributed by atoms with van der Waals surface area (Å²) in [6.45, 7) is 4.28. The third-order valence-corrected chi connectivity index (χ3v) is 4.39. The minimum absolute atomic E-state index is 0.0749. The lowest BCUT2D eigenvalue weighted by molar-refractivity contribution is -0.117. The lowest BCUT2D eigenvalue weighted by atomic mass is 10.1. The Labute approximate surface area is 182 Å². The molecular formula is C26H26N2O3. The van der Waals surface area contributed by atoms with Crippen molar-refractivity contribution in [1.82, 2.24) is 10.6 Å². The second-order valence-electron chi connectivity index (χ2n) is 7.28. The Bertz CT molecular complexity index is 1030. The number of carbonyl (C=O) groups is 2. The second kappa shape index (κ2) is 10.8. The minimum Gasteiger partial charge on any atom is -0.491 e. The molecule has 0 saturated heterocycles. The van der Waals surface area contributed by atoms with E-state index < -0.39 is 0 Å². The molecule has 0 spiro atoms. The molecule has 0 atom stereocenters. The SMILES string of the molecule is CC(C)Oc1ccc(C=C(NC(=O)c2ccccc2)C(=O)NCc2ccccc2)cc1. The van der Waals surface area contributed by atoms with Crippen molar-refractivity contribution in [2.75, 3.05) is 0 Å². The lowest BCUT2D eigenvalue weighted by Gasteiger charge is -2.12. The van der Waals surface area contributed by atoms with Gasteiger partial charge in [-0.2, -0.15) is 0 Å². The van der Waals surface area contributed by atoms with E-state index in [9.17, 15) is 9.59 Å². The van der Waals surface area contributed by atoms with Crippen LogP contribution in [-0.4, -0.2) is 17.9 Å². The van der Waals surface area contributed by atoms with E-state index >= 15 is 0 Å². The van der Waals surface area contributed by atoms with Crippen LogP contribution in [0.5, 0.6) is 5.75 Å². The predicted octanol–water partition coefficient (Wildman–Crippen LogP) is 4.56. The van der Waals surface area contributed by atoms with E-state index in [0.29, 0.717) is 12.1 Å². The van der Waals surface area contributed by atoms with Crippen molar-refractivity contribution >= 4 is 17.9 Å². The quantitative estimate of drug-likeness (QED) is 0.531. The first kappa shape index (κ1) is 21.8. The van der Waals surface area contributed by atoms with Gasteiger partial charge >= 0.3 is 0 Å². The topological polar surface area (TPSA) is 67.4 Å². The normalized spacial score (nSPS) is 11.1. The average molecular weight is 415 g/mol. The summed E-state index contributed by atoms with van der Waals surface area (Å²) in [5.41, 5.74) is 2.39. The monoisotopic (exact) mass is 414 g/mol. The van der Waals surface area contributed by atoms with E-state index in [1.165, 1.54) is 0 Å². The lowest BCUT2D eigenvalue weighted by Crippen LogP contribution is -2.34. The Morgan fingerprint density at radius 2 is 1.48 bits per heavy atom. The molecule has 0 heterocycles. The maximum absolute atomic E-state index is 12.9. The number of rotatable bonds is 8. The summed E-state index contributed by atoms with van der Waals surface area (Å²) in [5, 5.41) is 5.61. The van der Waals surface area contributed by atoms with Crippen molar-refractivity contribution < 1.29 is 14.3 Å². The highest BCUT2D eigenvalue weighted by Gasteiger charge is 2.14. The summed E-state index contributed by atoms with van der Waals surface area (Å²) in [6.07, 6.45) is 1.73. The molecule has 31 heavy (non-hydrogen) atoms. The Morgan fingerprint density at radius 3 is 2.10 bits per heavy atom. The maximum atomic E-state index is 12.9. The fraction of sp³-hybridized carbons (Fsp3) is 0.154. The molecule has 0 aliphatic heterocycles. The molecule has 5 heteroatoms. The zero-order valence-electron chi connectivity index (χ0n) is 17.7. The number of benzene rings is 3. The van der Waals surface area contributed by atoms with Crippen LogP contribution in [0.15, 0.2) is 90.6 Å². The summed E-state index contributed by atoms with van der Waals surface area (Å²) >= 11 is 0. The molecule has 0 aliphatic carbocycles. The molecule has 0 bridgehead atoms. The van der Waals surface area contributed by atoms with Gasteiger partial charge in [0.05, 0.1) is 6.10 Å². The molecule has 0 aliphatic rings. The van der Waals surface area contributed by atoms with Gasteiger partial charge in [-0.1, -0.05) is 60.7 Å². The van der Waals surface area contributed by atoms with Crippen LogP contribution in [0.2, 0.25) is 0 Å². The molecule has 158 valence electrons. The summed E-state index contributed by atoms with van der Waals surface area (Å²) < 4.78 is 5.66. The van der Waals surface area contributed by atoms with Crippen molar-refractivity contribution in [2.45, 2.75) is 26.5 Å². The van der Waals surface area contributed by atoms with Gasteiger partial charge in [-0.25, -0.2) is 0 Å². The Morgan fingerprint density at radius 1 is 0.871 bits per heavy atom. The van der Waals surface area contributed by atoms with Crippen molar-refractivity contribution in [2.24, 2.45) is 0 Å². The minimum atomic E-state index is -0.365. The average Bonchev–Trinajstić information content (AvgIpc) is 2.79. The van der Waals surface area contributed by atoms with E-state index in [-0.39, 0.29) is 23.6 Å². The van der Waals surface area contributed by atoms with E-state index in [4.69, 9.17) is 4.74 Å². The van der Waals surface area contributed by atoms with Gasteiger partial charge in [-0.15, -0.1) is 0 Å². The number of nitrogens with one attached hydrogen (secondary N) is 2. The van der Waals surface area contributed by atoms with Crippen molar-refractivity contribution in [3.63, 3.8) is 0 Å². The van der Waals surface area contributed by atoms with Crippen LogP contribution in [-0.2, 0) is 11.3 Å². The zero-order chi connectivity index (χ0) is 22.1. The Kier molecular flexibility index (Phi) is 7.60. The van der Waals surface area contributed by atoms with Gasteiger partial charge in [0, 0.05) is 12.1 Å². The van der Waals surface area contributed by atoms with Gasteiger partial charge < -0.3 is 15.4 Å². The number of amides is 2. The highest BCUT2D eigenvalue weighted by molar-refractivity contribution is 6.05. The molecule has 0 radical (unpaired) electrons. The van der Waals surface area contributed by atoms with Crippen LogP contribution in [0.25, 0.3) is 6.08 Å². The van der Waals surface area contributed by atoms with Crippen LogP contribution in [0.1, 0.15) is 35.3 Å². The number of hydrogen-bond donors (Lipinski definition) is 2. The van der Waals surface area contributed by atoms with Crippen molar-refractivity contribution in [3.8, 4) is 5.75 Å². The fourth-order valence-electron chi connectivity index (χ4n) is 2.90. The van der Waals surface area contributed by atoms with E-state index in [0.717, 1.165) is 16.9 Å². The van der Waals surface area contributed by atoms with Gasteiger partial charge in [0.25, 0.3) is 11.8 Å². The number of carbonyl (C=O) groups excluding carboxylic acids is 2. The molecule has 3 aromatic carbocycles. The molecule has 0 unspecified atom stereocenters. The van der Waals surface area contributed by atoms with Crippen LogP contribution in [0, 0.1) is 0 Å². The third kappa shape index (κ3) is 6.85. The first-order valence-electron chi connectivity index (χ1n) is 10.2. The number of ether oxygens (including phenoxy) is 1. The molecule has 2 N–H and O–H groups in total. The van der Waals surface area contributed by atoms with Gasteiger partial charge in [0.1, 0.15) is 11.4 Å². The maximum Gasteiger partial charge on any atom is 0.268 e. The third-order valence-electron chi connectivity index (χ3n) is 4.39. The molecule has 2 amide bonds. The fourth-order valence-corrected chi connectivity index (χ4v) is 2.90. The first-order valence-corrected chi connectivity index (χ1v) is 10.2. The number of hydrogen-bond acceptors (Lipinski definition) is 3. The highest BCUT2D eigenvalue weighted by Crippen LogP contribution is 2.16. The van der Waals surface area contributed by atoms with Crippen molar-refractivity contribution in [3.05, 3.63) is 107 Å². The molecule has 5 nitrogen and oxygen atoms in total. The first-order chi connectivity index (χ1) is 15.0. The molecule has 3 aromatic rings. The van der Waals surface area contributed by atoms with Crippen LogP contribution < -0.4 is 15.4 Å². The Hall–Kier alpha value is -3.86. The van der Waals surface area contributed by atoms with Crippen LogP contribution in [0.3, 0.4) is 0 Å². The molecule has 0 fully saturated rings. The summed E-state index contributed by atoms with van der Waals surface area (Å²) in [4.78, 5) is 25.5. The largest absolute Gasteiger partial charge is 0.491 e. The summed E-state index contributed by atoms with van der Waals surface area (Å²) in [6, 6.07) is 25.8. The molecule has 0 saturated carbocycles. The second-order valence-corrected chi connectivity index (χ2v) is 7.28. The molecule has 3 rings (SSSR count). The standard InChI is InChI=1S/C26H26N2O3/c1-19(2)31-23-15-13-20(14-16-23)17-24(28-25(29)22-11-7-4-8-12-22)26(30)27-18-21-9-5-3-6-10-21/h3-17,19H,18H2,1-2H3,(H,27,30)(H,28,29). The van der Waals surface area contributed by atoms with Gasteiger partial charge in [-0.05, 0) is 55.3 Å². The van der Waals surface area contributed by atoms with E-state index in [2.05, 4.69) is 10.6 Å². The van der Waals surface area contributed by atoms with Crippen LogP contribution in [0.4, 0.5) is 0 Å². The van der Waals surface area contributed by atoms with Crippen LogP contribution >= 0.6 is 0 Å². The Balaban J connectivity index is 1.79. The molecule has 0 aromatic heterocycles. The summed E-state index contributed by atoms with van der Waals surface area (Å²) in [5.74, 6) is 0.0349. The summed E-state index contributed by atoms with van der Waals surface area (Å²) in [7, 11) is 0. The predicted molar refractivity (Wildman–Crippen MR) is 122 cm³/mol. The highest BCUT2D eigenvalue weighted by atomic mass is 16.5. The van der Waals surface area contributed by atoms with E-state index in [1.54, 1.807) is 30.3 Å². The molecular weight excluding hydrogens is 388 g/mol. The zero-order valence-corrected chi connectivity index (χ0v) is 17.7. The van der Waals surface area contributed by atoms with Gasteiger partial charge in [0.15, 0.2) is 0 Å².